The SMILES string of the molecule is CC(C)CCCCCCC(c1ccccc1)P(O)(O)(O)c1ccccc1.OP(O)O. The van der Waals surface area contributed by atoms with Crippen LogP contribution in [-0.2, 0) is 0 Å². The average Bonchev–Trinajstić information content (AvgIpc) is 2.67. The molecule has 30 heavy (non-hydrogen) atoms. The van der Waals surface area contributed by atoms with E-state index in [4.69, 9.17) is 14.7 Å². The van der Waals surface area contributed by atoms with Crippen LogP contribution in [0.5, 0.6) is 0 Å². The van der Waals surface area contributed by atoms with E-state index in [2.05, 4.69) is 13.8 Å². The zero-order valence-corrected chi connectivity index (χ0v) is 19.5. The second-order valence-corrected chi connectivity index (χ2v) is 11.7. The molecule has 0 heterocycles. The molecular formula is C22H36O6P2. The fourth-order valence-electron chi connectivity index (χ4n) is 3.49. The van der Waals surface area contributed by atoms with Gasteiger partial charge in [0.2, 0.25) is 0 Å². The molecule has 2 rings (SSSR count). The predicted molar refractivity (Wildman–Crippen MR) is 125 cm³/mol. The van der Waals surface area contributed by atoms with E-state index in [1.165, 1.54) is 12.8 Å². The molecule has 0 aliphatic carbocycles. The van der Waals surface area contributed by atoms with Gasteiger partial charge in [0.1, 0.15) is 0 Å². The maximum atomic E-state index is 11.1. The zero-order chi connectivity index (χ0) is 22.6. The Hall–Kier alpha value is -0.940. The summed E-state index contributed by atoms with van der Waals surface area (Å²) in [5.41, 5.74) is 0.0957. The van der Waals surface area contributed by atoms with Crippen molar-refractivity contribution in [1.29, 1.82) is 0 Å². The first-order valence-corrected chi connectivity index (χ1v) is 13.6. The van der Waals surface area contributed by atoms with Gasteiger partial charge in [-0.15, -0.1) is 0 Å². The second-order valence-electron chi connectivity index (χ2n) is 7.96. The van der Waals surface area contributed by atoms with Crippen LogP contribution in [0.4, 0.5) is 0 Å². The van der Waals surface area contributed by atoms with Gasteiger partial charge in [-0.25, -0.2) is 0 Å². The Bertz CT molecular complexity index is 699. The van der Waals surface area contributed by atoms with E-state index < -0.39 is 21.5 Å². The third-order valence-corrected chi connectivity index (χ3v) is 8.01. The number of benzene rings is 2. The van der Waals surface area contributed by atoms with Crippen molar-refractivity contribution in [2.75, 3.05) is 0 Å². The Morgan fingerprint density at radius 1 is 0.700 bits per heavy atom. The van der Waals surface area contributed by atoms with Crippen LogP contribution in [-0.4, -0.2) is 29.4 Å². The summed E-state index contributed by atoms with van der Waals surface area (Å²) in [6.45, 7) is 4.47. The maximum Gasteiger partial charge on any atom is 0.324 e. The molecule has 1 unspecified atom stereocenters. The molecule has 0 aromatic heterocycles. The van der Waals surface area contributed by atoms with Crippen LogP contribution in [0.2, 0.25) is 0 Å². The Labute approximate surface area is 181 Å². The van der Waals surface area contributed by atoms with Gasteiger partial charge in [0.05, 0.1) is 0 Å². The Morgan fingerprint density at radius 2 is 1.13 bits per heavy atom. The summed E-state index contributed by atoms with van der Waals surface area (Å²) < 4.78 is 0. The molecule has 0 bridgehead atoms. The minimum Gasteiger partial charge on any atom is -0.328 e. The molecule has 0 saturated carbocycles. The molecule has 2 aromatic rings. The standard InChI is InChI=1S/C22H33O3P.H3O3P/c1-19(2)13-7-3-4-12-18-22(20-14-8-5-9-15-20)26(23,24,25)21-16-10-6-11-17-21;1-4(2)3/h5-6,8-11,14-17,19,22-25H,3-4,7,12-13,18H2,1-2H3;1-3H. The summed E-state index contributed by atoms with van der Waals surface area (Å²) in [7, 11) is -7.65. The second kappa shape index (κ2) is 12.8. The van der Waals surface area contributed by atoms with Gasteiger partial charge >= 0.3 is 166 Å². The Balaban J connectivity index is 0.00000103. The van der Waals surface area contributed by atoms with Crippen molar-refractivity contribution in [3.63, 3.8) is 0 Å². The van der Waals surface area contributed by atoms with Crippen molar-refractivity contribution < 1.29 is 29.4 Å². The largest absolute Gasteiger partial charge is 0.328 e. The first-order valence-electron chi connectivity index (χ1n) is 10.3. The monoisotopic (exact) mass is 458 g/mol. The molecule has 0 spiro atoms. The number of unbranched alkanes of at least 4 members (excludes halogenated alkanes) is 3. The molecule has 0 saturated heterocycles. The number of hydrogen-bond donors (Lipinski definition) is 6. The van der Waals surface area contributed by atoms with Crippen LogP contribution >= 0.6 is 15.9 Å². The van der Waals surface area contributed by atoms with Gasteiger partial charge in [-0.1, -0.05) is 0 Å². The van der Waals surface area contributed by atoms with Crippen molar-refractivity contribution >= 4 is 21.2 Å². The summed E-state index contributed by atoms with van der Waals surface area (Å²) in [5.74, 6) is 0.723. The maximum absolute atomic E-state index is 11.1. The molecule has 0 aliphatic heterocycles. The van der Waals surface area contributed by atoms with Crippen molar-refractivity contribution in [2.24, 2.45) is 5.92 Å². The smallest absolute Gasteiger partial charge is 0.324 e. The van der Waals surface area contributed by atoms with Crippen LogP contribution in [0, 0.1) is 5.92 Å². The van der Waals surface area contributed by atoms with Gasteiger partial charge in [0.25, 0.3) is 0 Å². The summed E-state index contributed by atoms with van der Waals surface area (Å²) >= 11 is 0. The van der Waals surface area contributed by atoms with E-state index in [1.807, 2.05) is 36.4 Å². The summed E-state index contributed by atoms with van der Waals surface area (Å²) in [6.07, 6.45) is 6.03. The van der Waals surface area contributed by atoms with Gasteiger partial charge in [-0.05, 0) is 0 Å². The van der Waals surface area contributed by atoms with Crippen LogP contribution < -0.4 is 5.30 Å². The number of rotatable bonds is 10. The molecule has 0 aliphatic rings. The normalized spacial score (nSPS) is 14.0. The quantitative estimate of drug-likeness (QED) is 0.230. The molecule has 2 aromatic carbocycles. The van der Waals surface area contributed by atoms with Crippen molar-refractivity contribution in [2.45, 2.75) is 58.0 Å². The van der Waals surface area contributed by atoms with E-state index in [-0.39, 0.29) is 5.30 Å². The summed E-state index contributed by atoms with van der Waals surface area (Å²) in [6, 6.07) is 17.9. The zero-order valence-electron chi connectivity index (χ0n) is 17.7. The summed E-state index contributed by atoms with van der Waals surface area (Å²) in [4.78, 5) is 54.9. The predicted octanol–water partition coefficient (Wildman–Crippen LogP) is 4.52. The van der Waals surface area contributed by atoms with E-state index >= 15 is 0 Å². The first-order chi connectivity index (χ1) is 14.0. The van der Waals surface area contributed by atoms with Gasteiger partial charge < -0.3 is 14.7 Å². The van der Waals surface area contributed by atoms with E-state index in [1.54, 1.807) is 24.3 Å². The minimum absolute atomic E-state index is 0.229. The van der Waals surface area contributed by atoms with Crippen LogP contribution in [0.15, 0.2) is 60.7 Å². The number of hydrogen-bond acceptors (Lipinski definition) is 6. The molecule has 0 fully saturated rings. The summed E-state index contributed by atoms with van der Waals surface area (Å²) in [5, 5.41) is 0.229. The fraction of sp³-hybridized carbons (Fsp3) is 0.455. The molecule has 6 nitrogen and oxygen atoms in total. The first kappa shape index (κ1) is 27.1. The Morgan fingerprint density at radius 3 is 1.60 bits per heavy atom. The van der Waals surface area contributed by atoms with E-state index in [0.29, 0.717) is 6.42 Å². The van der Waals surface area contributed by atoms with Gasteiger partial charge in [-0.2, -0.15) is 0 Å². The topological polar surface area (TPSA) is 121 Å². The van der Waals surface area contributed by atoms with Crippen LogP contribution in [0.3, 0.4) is 0 Å². The van der Waals surface area contributed by atoms with E-state index in [9.17, 15) is 14.7 Å². The van der Waals surface area contributed by atoms with Crippen molar-refractivity contribution in [3.8, 4) is 0 Å². The van der Waals surface area contributed by atoms with E-state index in [0.717, 1.165) is 30.7 Å². The molecule has 0 radical (unpaired) electrons. The van der Waals surface area contributed by atoms with Gasteiger partial charge in [-0.3, -0.25) is 0 Å². The molecule has 1 atom stereocenters. The van der Waals surface area contributed by atoms with Gasteiger partial charge in [0, 0.05) is 0 Å². The minimum atomic E-state index is -5.03. The molecular weight excluding hydrogens is 422 g/mol. The molecule has 0 amide bonds. The molecule has 170 valence electrons. The third kappa shape index (κ3) is 9.47. The Kier molecular flexibility index (Phi) is 11.6. The van der Waals surface area contributed by atoms with Crippen LogP contribution in [0.1, 0.15) is 63.6 Å². The fourth-order valence-corrected chi connectivity index (χ4v) is 5.98. The van der Waals surface area contributed by atoms with Crippen LogP contribution in [0.25, 0.3) is 0 Å². The molecule has 6 N–H and O–H groups in total. The molecule has 8 heteroatoms. The van der Waals surface area contributed by atoms with Crippen molar-refractivity contribution in [3.05, 3.63) is 66.2 Å². The van der Waals surface area contributed by atoms with Crippen molar-refractivity contribution in [1.82, 2.24) is 0 Å². The average molecular weight is 458 g/mol. The van der Waals surface area contributed by atoms with Gasteiger partial charge in [0.15, 0.2) is 0 Å². The third-order valence-electron chi connectivity index (χ3n) is 5.02.